The van der Waals surface area contributed by atoms with Gasteiger partial charge in [0, 0.05) is 38.3 Å². The number of benzene rings is 1. The Labute approximate surface area is 261 Å². The van der Waals surface area contributed by atoms with E-state index < -0.39 is 70.6 Å². The highest BCUT2D eigenvalue weighted by Crippen LogP contribution is 2.42. The molecule has 248 valence electrons. The van der Waals surface area contributed by atoms with E-state index in [0.29, 0.717) is 6.54 Å². The van der Waals surface area contributed by atoms with Crippen LogP contribution in [0, 0.1) is 17.5 Å². The minimum Gasteiger partial charge on any atom is -0.394 e. The van der Waals surface area contributed by atoms with Gasteiger partial charge in [0.15, 0.2) is 17.5 Å². The van der Waals surface area contributed by atoms with Gasteiger partial charge in [-0.1, -0.05) is 5.21 Å². The molecular weight excluding hydrogens is 621 g/mol. The summed E-state index contributed by atoms with van der Waals surface area (Å²) in [4.78, 5) is 29.2. The van der Waals surface area contributed by atoms with E-state index in [1.807, 2.05) is 0 Å². The molecule has 3 amide bonds. The van der Waals surface area contributed by atoms with E-state index in [4.69, 9.17) is 4.74 Å². The number of halogens is 3. The summed E-state index contributed by atoms with van der Waals surface area (Å²) in [6, 6.07) is 0.0645. The van der Waals surface area contributed by atoms with E-state index in [0.717, 1.165) is 41.4 Å². The third kappa shape index (κ3) is 6.92. The van der Waals surface area contributed by atoms with Crippen molar-refractivity contribution in [3.05, 3.63) is 35.8 Å². The second-order valence-electron chi connectivity index (χ2n) is 11.7. The maximum Gasteiger partial charge on any atom is 0.317 e. The fourth-order valence-corrected chi connectivity index (χ4v) is 7.09. The minimum absolute atomic E-state index is 0.0710. The number of hydrogen-bond donors (Lipinski definition) is 5. The van der Waals surface area contributed by atoms with Crippen LogP contribution in [0.1, 0.15) is 38.6 Å². The number of likely N-dealkylation sites (tertiary alicyclic amines) is 1. The van der Waals surface area contributed by atoms with Gasteiger partial charge in [-0.2, -0.15) is 0 Å². The number of carbonyl (C=O) groups excluding carboxylic acids is 2. The highest BCUT2D eigenvalue weighted by molar-refractivity contribution is 8.01. The SMILES string of the molecule is CCN(C)C(=O)C(SC1OC(CO)C(O)C(n2cc(-c3cc(F)c(F)c(F)c3)nn2)C1O)C1(O)CCN(C(=O)NC2CC2)CC1. The molecule has 1 aliphatic carbocycles. The molecule has 0 bridgehead atoms. The van der Waals surface area contributed by atoms with Crippen molar-refractivity contribution in [3.63, 3.8) is 0 Å². The van der Waals surface area contributed by atoms with E-state index in [-0.39, 0.29) is 49.3 Å². The Morgan fingerprint density at radius 1 is 1.18 bits per heavy atom. The van der Waals surface area contributed by atoms with Gasteiger partial charge < -0.3 is 40.3 Å². The average molecular weight is 659 g/mol. The summed E-state index contributed by atoms with van der Waals surface area (Å²) in [5.74, 6) is -4.98. The van der Waals surface area contributed by atoms with Crippen LogP contribution in [0.3, 0.4) is 0 Å². The Morgan fingerprint density at radius 2 is 1.82 bits per heavy atom. The maximum atomic E-state index is 13.9. The first-order valence-electron chi connectivity index (χ1n) is 14.7. The fraction of sp³-hybridized carbons (Fsp3) is 0.643. The number of ether oxygens (including phenoxy) is 1. The quantitative estimate of drug-likeness (QED) is 0.241. The molecule has 1 aromatic heterocycles. The molecule has 2 aromatic rings. The van der Waals surface area contributed by atoms with Crippen molar-refractivity contribution < 1.29 is 47.9 Å². The lowest BCUT2D eigenvalue weighted by atomic mass is 9.87. The Morgan fingerprint density at radius 3 is 2.40 bits per heavy atom. The van der Waals surface area contributed by atoms with Gasteiger partial charge >= 0.3 is 6.03 Å². The molecule has 13 nitrogen and oxygen atoms in total. The number of carbonyl (C=O) groups is 2. The highest BCUT2D eigenvalue weighted by Gasteiger charge is 2.52. The number of nitrogens with one attached hydrogen (secondary N) is 1. The molecule has 0 spiro atoms. The van der Waals surface area contributed by atoms with Crippen LogP contribution in [-0.2, 0) is 9.53 Å². The first-order chi connectivity index (χ1) is 21.4. The van der Waals surface area contributed by atoms with Gasteiger partial charge in [-0.05, 0) is 44.7 Å². The summed E-state index contributed by atoms with van der Waals surface area (Å²) in [7, 11) is 1.57. The predicted molar refractivity (Wildman–Crippen MR) is 154 cm³/mol. The third-order valence-electron chi connectivity index (χ3n) is 8.60. The highest BCUT2D eigenvalue weighted by atomic mass is 32.2. The standard InChI is InChI=1S/C28H37F3N6O7S/c1-3-35(2)25(41)24(28(43)6-8-36(9-7-28)27(42)32-15-4-5-15)45-26-23(40)21(22(39)19(13-38)44-26)37-12-18(33-34-37)14-10-16(29)20(31)17(30)11-14/h10-12,15,19,21-24,26,38-40,43H,3-9,13H2,1-2H3,(H,32,42). The van der Waals surface area contributed by atoms with E-state index in [1.54, 1.807) is 18.9 Å². The van der Waals surface area contributed by atoms with E-state index in [1.165, 1.54) is 11.1 Å². The van der Waals surface area contributed by atoms with Gasteiger partial charge in [0.2, 0.25) is 5.91 Å². The van der Waals surface area contributed by atoms with Gasteiger partial charge in [0.05, 0.1) is 18.4 Å². The molecule has 6 atom stereocenters. The molecule has 0 radical (unpaired) electrons. The zero-order valence-electron chi connectivity index (χ0n) is 24.7. The molecule has 45 heavy (non-hydrogen) atoms. The Balaban J connectivity index is 1.38. The molecule has 5 rings (SSSR count). The van der Waals surface area contributed by atoms with Crippen molar-refractivity contribution in [1.29, 1.82) is 0 Å². The van der Waals surface area contributed by atoms with Crippen LogP contribution in [0.25, 0.3) is 11.3 Å². The number of aromatic nitrogens is 3. The summed E-state index contributed by atoms with van der Waals surface area (Å²) in [5.41, 5.74) is -3.11. The lowest BCUT2D eigenvalue weighted by Gasteiger charge is -2.46. The normalized spacial score (nSPS) is 27.2. The second kappa shape index (κ2) is 13.4. The molecule has 2 saturated heterocycles. The fourth-order valence-electron chi connectivity index (χ4n) is 5.51. The van der Waals surface area contributed by atoms with Crippen LogP contribution in [0.4, 0.5) is 18.0 Å². The largest absolute Gasteiger partial charge is 0.394 e. The van der Waals surface area contributed by atoms with Gasteiger partial charge in [0.25, 0.3) is 0 Å². The lowest BCUT2D eigenvalue weighted by Crippen LogP contribution is -2.60. The smallest absolute Gasteiger partial charge is 0.317 e. The summed E-state index contributed by atoms with van der Waals surface area (Å²) < 4.78 is 48.1. The number of amides is 3. The second-order valence-corrected chi connectivity index (χ2v) is 12.9. The monoisotopic (exact) mass is 658 g/mol. The van der Waals surface area contributed by atoms with Gasteiger partial charge in [0.1, 0.15) is 40.7 Å². The summed E-state index contributed by atoms with van der Waals surface area (Å²) in [6.07, 6.45) is -1.20. The van der Waals surface area contributed by atoms with E-state index in [9.17, 15) is 43.2 Å². The number of piperidine rings is 1. The topological polar surface area (TPSA) is 174 Å². The maximum absolute atomic E-state index is 13.9. The zero-order chi connectivity index (χ0) is 32.6. The van der Waals surface area contributed by atoms with Crippen LogP contribution in [0.2, 0.25) is 0 Å². The van der Waals surface area contributed by atoms with Crippen LogP contribution < -0.4 is 5.32 Å². The molecule has 2 aliphatic heterocycles. The van der Waals surface area contributed by atoms with E-state index in [2.05, 4.69) is 15.6 Å². The van der Waals surface area contributed by atoms with Crippen LogP contribution in [0.15, 0.2) is 18.3 Å². The van der Waals surface area contributed by atoms with Crippen molar-refractivity contribution in [2.24, 2.45) is 0 Å². The van der Waals surface area contributed by atoms with Gasteiger partial charge in [-0.3, -0.25) is 4.79 Å². The molecule has 3 heterocycles. The summed E-state index contributed by atoms with van der Waals surface area (Å²) >= 11 is 0.832. The average Bonchev–Trinajstić information content (AvgIpc) is 3.70. The Hall–Kier alpha value is -2.96. The zero-order valence-corrected chi connectivity index (χ0v) is 25.5. The van der Waals surface area contributed by atoms with Crippen LogP contribution in [0.5, 0.6) is 0 Å². The molecule has 17 heteroatoms. The number of rotatable bonds is 9. The molecule has 3 fully saturated rings. The lowest BCUT2D eigenvalue weighted by molar-refractivity contribution is -0.179. The molecular formula is C28H37F3N6O7S. The minimum atomic E-state index is -1.65. The van der Waals surface area contributed by atoms with Crippen molar-refractivity contribution in [1.82, 2.24) is 30.1 Å². The van der Waals surface area contributed by atoms with Crippen molar-refractivity contribution >= 4 is 23.7 Å². The predicted octanol–water partition coefficient (Wildman–Crippen LogP) is 0.621. The summed E-state index contributed by atoms with van der Waals surface area (Å²) in [6.45, 7) is 1.78. The summed E-state index contributed by atoms with van der Waals surface area (Å²) in [5, 5.41) is 53.8. The number of aliphatic hydroxyl groups is 4. The number of thioether (sulfide) groups is 1. The van der Waals surface area contributed by atoms with Gasteiger partial charge in [-0.25, -0.2) is 22.6 Å². The number of nitrogens with zero attached hydrogens (tertiary/aromatic N) is 5. The van der Waals surface area contributed by atoms with Crippen molar-refractivity contribution in [2.75, 3.05) is 33.3 Å². The third-order valence-corrected chi connectivity index (χ3v) is 10.2. The van der Waals surface area contributed by atoms with Gasteiger partial charge in [-0.15, -0.1) is 16.9 Å². The van der Waals surface area contributed by atoms with Crippen molar-refractivity contribution in [3.8, 4) is 11.3 Å². The first-order valence-corrected chi connectivity index (χ1v) is 15.7. The number of hydrogen-bond acceptors (Lipinski definition) is 10. The number of aliphatic hydroxyl groups excluding tert-OH is 3. The molecule has 1 aromatic carbocycles. The Kier molecular flexibility index (Phi) is 9.96. The number of urea groups is 1. The molecule has 3 aliphatic rings. The van der Waals surface area contributed by atoms with Crippen LogP contribution >= 0.6 is 11.8 Å². The Bertz CT molecular complexity index is 1370. The van der Waals surface area contributed by atoms with Crippen LogP contribution in [-0.4, -0.2) is 131 Å². The molecule has 6 unspecified atom stereocenters. The molecule has 1 saturated carbocycles. The first kappa shape index (κ1) is 33.4. The van der Waals surface area contributed by atoms with E-state index >= 15 is 0 Å². The molecule has 5 N–H and O–H groups in total. The van der Waals surface area contributed by atoms with Crippen molar-refractivity contribution in [2.45, 2.75) is 79.3 Å².